The van der Waals surface area contributed by atoms with Crippen LogP contribution < -0.4 is 5.32 Å². The highest BCUT2D eigenvalue weighted by Gasteiger charge is 2.19. The van der Waals surface area contributed by atoms with E-state index in [0.717, 1.165) is 19.3 Å². The van der Waals surface area contributed by atoms with Crippen molar-refractivity contribution in [3.63, 3.8) is 0 Å². The molecule has 25 heavy (non-hydrogen) atoms. The molecule has 1 rings (SSSR count). The first kappa shape index (κ1) is 21.0. The molecule has 0 aromatic heterocycles. The van der Waals surface area contributed by atoms with E-state index in [1.807, 2.05) is 25.1 Å². The molecule has 2 unspecified atom stereocenters. The standard InChI is InChI=1S/C20H31NO4/c1-6-16(13-17-10-8-7-9-11-17)12-15(2)24-18(22)14-21-19(23)25-20(3,4)5/h7-11,15-16H,6,12-14H2,1-5H3,(H,21,23). The van der Waals surface area contributed by atoms with Crippen molar-refractivity contribution >= 4 is 12.1 Å². The van der Waals surface area contributed by atoms with Gasteiger partial charge in [0.1, 0.15) is 12.1 Å². The summed E-state index contributed by atoms with van der Waals surface area (Å²) >= 11 is 0. The minimum absolute atomic E-state index is 0.186. The fourth-order valence-electron chi connectivity index (χ4n) is 2.58. The topological polar surface area (TPSA) is 64.6 Å². The summed E-state index contributed by atoms with van der Waals surface area (Å²) in [5.41, 5.74) is 0.701. The fraction of sp³-hybridized carbons (Fsp3) is 0.600. The minimum Gasteiger partial charge on any atom is -0.461 e. The van der Waals surface area contributed by atoms with Crippen molar-refractivity contribution in [3.8, 4) is 0 Å². The number of nitrogens with one attached hydrogen (secondary N) is 1. The van der Waals surface area contributed by atoms with Crippen LogP contribution in [0, 0.1) is 5.92 Å². The maximum absolute atomic E-state index is 11.9. The maximum atomic E-state index is 11.9. The number of rotatable bonds is 8. The maximum Gasteiger partial charge on any atom is 0.408 e. The quantitative estimate of drug-likeness (QED) is 0.718. The van der Waals surface area contributed by atoms with Gasteiger partial charge in [0.25, 0.3) is 0 Å². The summed E-state index contributed by atoms with van der Waals surface area (Å²) in [4.78, 5) is 23.4. The van der Waals surface area contributed by atoms with Gasteiger partial charge in [0, 0.05) is 0 Å². The average molecular weight is 349 g/mol. The summed E-state index contributed by atoms with van der Waals surface area (Å²) in [7, 11) is 0. The van der Waals surface area contributed by atoms with E-state index >= 15 is 0 Å². The van der Waals surface area contributed by atoms with Gasteiger partial charge in [-0.15, -0.1) is 0 Å². The molecule has 0 radical (unpaired) electrons. The second-order valence-corrected chi connectivity index (χ2v) is 7.36. The summed E-state index contributed by atoms with van der Waals surface area (Å²) in [6, 6.07) is 10.3. The smallest absolute Gasteiger partial charge is 0.408 e. The van der Waals surface area contributed by atoms with Gasteiger partial charge in [-0.1, -0.05) is 43.7 Å². The molecule has 5 heteroatoms. The molecular weight excluding hydrogens is 318 g/mol. The molecular formula is C20H31NO4. The van der Waals surface area contributed by atoms with Crippen molar-refractivity contribution < 1.29 is 19.1 Å². The lowest BCUT2D eigenvalue weighted by atomic mass is 9.92. The predicted molar refractivity (Wildman–Crippen MR) is 98.3 cm³/mol. The number of amides is 1. The van der Waals surface area contributed by atoms with Gasteiger partial charge in [0.05, 0.1) is 6.10 Å². The average Bonchev–Trinajstić information content (AvgIpc) is 2.51. The minimum atomic E-state index is -0.618. The molecule has 0 aliphatic heterocycles. The fourth-order valence-corrected chi connectivity index (χ4v) is 2.58. The molecule has 0 fully saturated rings. The number of esters is 1. The van der Waals surface area contributed by atoms with E-state index in [2.05, 4.69) is 24.4 Å². The van der Waals surface area contributed by atoms with Crippen LogP contribution in [0.4, 0.5) is 4.79 Å². The van der Waals surface area contributed by atoms with Crippen molar-refractivity contribution in [2.45, 2.75) is 65.6 Å². The van der Waals surface area contributed by atoms with E-state index in [9.17, 15) is 9.59 Å². The van der Waals surface area contributed by atoms with Crippen molar-refractivity contribution in [1.29, 1.82) is 0 Å². The third kappa shape index (κ3) is 9.75. The lowest BCUT2D eigenvalue weighted by Gasteiger charge is -2.21. The van der Waals surface area contributed by atoms with Gasteiger partial charge in [0.15, 0.2) is 0 Å². The number of benzene rings is 1. The lowest BCUT2D eigenvalue weighted by molar-refractivity contribution is -0.147. The highest BCUT2D eigenvalue weighted by Crippen LogP contribution is 2.19. The molecule has 0 bridgehead atoms. The van der Waals surface area contributed by atoms with Crippen LogP contribution in [0.15, 0.2) is 30.3 Å². The molecule has 1 amide bonds. The third-order valence-electron chi connectivity index (χ3n) is 3.72. The summed E-state index contributed by atoms with van der Waals surface area (Å²) in [5, 5.41) is 2.42. The first-order valence-corrected chi connectivity index (χ1v) is 8.90. The van der Waals surface area contributed by atoms with Crippen molar-refractivity contribution in [3.05, 3.63) is 35.9 Å². The summed E-state index contributed by atoms with van der Waals surface area (Å²) < 4.78 is 10.5. The Bertz CT molecular complexity index is 536. The molecule has 5 nitrogen and oxygen atoms in total. The molecule has 0 spiro atoms. The molecule has 0 saturated heterocycles. The van der Waals surface area contributed by atoms with Crippen LogP contribution in [0.5, 0.6) is 0 Å². The Morgan fingerprint density at radius 1 is 1.16 bits per heavy atom. The Labute approximate surface area is 151 Å². The number of carbonyl (C=O) groups excluding carboxylic acids is 2. The zero-order valence-electron chi connectivity index (χ0n) is 16.0. The van der Waals surface area contributed by atoms with Crippen molar-refractivity contribution in [2.24, 2.45) is 5.92 Å². The Hall–Kier alpha value is -2.04. The molecule has 0 saturated carbocycles. The predicted octanol–water partition coefficient (Wildman–Crippen LogP) is 4.10. The molecule has 0 heterocycles. The second kappa shape index (κ2) is 10.1. The number of hydrogen-bond acceptors (Lipinski definition) is 4. The van der Waals surface area contributed by atoms with Gasteiger partial charge in [-0.05, 0) is 52.0 Å². The molecule has 0 aliphatic rings. The van der Waals surface area contributed by atoms with Gasteiger partial charge < -0.3 is 14.8 Å². The Kier molecular flexibility index (Phi) is 8.46. The van der Waals surface area contributed by atoms with Gasteiger partial charge >= 0.3 is 12.1 Å². The van der Waals surface area contributed by atoms with Crippen LogP contribution in [0.3, 0.4) is 0 Å². The van der Waals surface area contributed by atoms with Crippen molar-refractivity contribution in [1.82, 2.24) is 5.32 Å². The van der Waals surface area contributed by atoms with E-state index in [1.165, 1.54) is 5.56 Å². The zero-order valence-corrected chi connectivity index (χ0v) is 16.0. The van der Waals surface area contributed by atoms with Gasteiger partial charge in [-0.3, -0.25) is 4.79 Å². The molecule has 1 aromatic rings. The molecule has 2 atom stereocenters. The van der Waals surface area contributed by atoms with Crippen LogP contribution in [0.2, 0.25) is 0 Å². The summed E-state index contributed by atoms with van der Waals surface area (Å²) in [5.74, 6) is -0.00283. The lowest BCUT2D eigenvalue weighted by Crippen LogP contribution is -2.36. The molecule has 1 aromatic carbocycles. The van der Waals surface area contributed by atoms with E-state index in [4.69, 9.17) is 9.47 Å². The van der Waals surface area contributed by atoms with Crippen LogP contribution in [0.1, 0.15) is 53.0 Å². The normalized spacial score (nSPS) is 13.6. The number of ether oxygens (including phenoxy) is 2. The molecule has 140 valence electrons. The summed E-state index contributed by atoms with van der Waals surface area (Å²) in [6.07, 6.45) is 1.97. The van der Waals surface area contributed by atoms with Crippen LogP contribution in [-0.4, -0.2) is 30.3 Å². The van der Waals surface area contributed by atoms with E-state index in [0.29, 0.717) is 5.92 Å². The largest absolute Gasteiger partial charge is 0.461 e. The van der Waals surface area contributed by atoms with Crippen molar-refractivity contribution in [2.75, 3.05) is 6.54 Å². The van der Waals surface area contributed by atoms with Gasteiger partial charge in [-0.25, -0.2) is 4.79 Å². The Morgan fingerprint density at radius 3 is 2.36 bits per heavy atom. The van der Waals surface area contributed by atoms with Crippen LogP contribution in [0.25, 0.3) is 0 Å². The third-order valence-corrected chi connectivity index (χ3v) is 3.72. The first-order chi connectivity index (χ1) is 11.7. The Morgan fingerprint density at radius 2 is 1.80 bits per heavy atom. The number of carbonyl (C=O) groups is 2. The highest BCUT2D eigenvalue weighted by atomic mass is 16.6. The van der Waals surface area contributed by atoms with E-state index in [1.54, 1.807) is 20.8 Å². The monoisotopic (exact) mass is 349 g/mol. The SMILES string of the molecule is CCC(Cc1ccccc1)CC(C)OC(=O)CNC(=O)OC(C)(C)C. The first-order valence-electron chi connectivity index (χ1n) is 8.90. The van der Waals surface area contributed by atoms with Gasteiger partial charge in [0.2, 0.25) is 0 Å². The molecule has 1 N–H and O–H groups in total. The Balaban J connectivity index is 2.35. The van der Waals surface area contributed by atoms with E-state index in [-0.39, 0.29) is 12.6 Å². The zero-order chi connectivity index (χ0) is 18.9. The van der Waals surface area contributed by atoms with Gasteiger partial charge in [-0.2, -0.15) is 0 Å². The van der Waals surface area contributed by atoms with Crippen LogP contribution in [-0.2, 0) is 20.7 Å². The number of hydrogen-bond donors (Lipinski definition) is 1. The van der Waals surface area contributed by atoms with Crippen LogP contribution >= 0.6 is 0 Å². The number of alkyl carbamates (subject to hydrolysis) is 1. The van der Waals surface area contributed by atoms with E-state index < -0.39 is 17.7 Å². The second-order valence-electron chi connectivity index (χ2n) is 7.36. The highest BCUT2D eigenvalue weighted by molar-refractivity contribution is 5.78. The summed E-state index contributed by atoms with van der Waals surface area (Å²) in [6.45, 7) is 9.15. The molecule has 0 aliphatic carbocycles.